The lowest BCUT2D eigenvalue weighted by molar-refractivity contribution is 0.544. The molecule has 0 saturated heterocycles. The Kier molecular flexibility index (Phi) is 3.71. The zero-order chi connectivity index (χ0) is 14.8. The van der Waals surface area contributed by atoms with E-state index < -0.39 is 8.07 Å². The topological polar surface area (TPSA) is 0 Å². The van der Waals surface area contributed by atoms with E-state index in [0.717, 1.165) is 45.3 Å². The van der Waals surface area contributed by atoms with E-state index in [1.807, 2.05) is 0 Å². The van der Waals surface area contributed by atoms with Gasteiger partial charge in [0.25, 0.3) is 0 Å². The van der Waals surface area contributed by atoms with Crippen molar-refractivity contribution in [2.24, 2.45) is 23.7 Å². The predicted octanol–water partition coefficient (Wildman–Crippen LogP) is 6.01. The third-order valence-electron chi connectivity index (χ3n) is 6.91. The van der Waals surface area contributed by atoms with Gasteiger partial charge in [0.15, 0.2) is 0 Å². The van der Waals surface area contributed by atoms with Crippen LogP contribution in [0, 0.1) is 23.7 Å². The van der Waals surface area contributed by atoms with Crippen LogP contribution in [0.25, 0.3) is 0 Å². The molecule has 0 amide bonds. The van der Waals surface area contributed by atoms with Gasteiger partial charge in [0.2, 0.25) is 0 Å². The molecular formula is C18H28S2Si. The first-order valence-electron chi connectivity index (χ1n) is 8.64. The van der Waals surface area contributed by atoms with Crippen LogP contribution in [0.15, 0.2) is 23.0 Å². The van der Waals surface area contributed by atoms with E-state index in [0.29, 0.717) is 0 Å². The molecule has 4 aliphatic rings. The van der Waals surface area contributed by atoms with Crippen LogP contribution in [0.3, 0.4) is 0 Å². The molecule has 2 aliphatic carbocycles. The zero-order valence-electron chi connectivity index (χ0n) is 13.7. The molecule has 0 nitrogen and oxygen atoms in total. The molecule has 2 aliphatic heterocycles. The van der Waals surface area contributed by atoms with E-state index in [-0.39, 0.29) is 0 Å². The summed E-state index contributed by atoms with van der Waals surface area (Å²) in [5.74, 6) is 3.68. The highest BCUT2D eigenvalue weighted by Crippen LogP contribution is 2.63. The third-order valence-corrected chi connectivity index (χ3v) is 15.2. The van der Waals surface area contributed by atoms with E-state index in [9.17, 15) is 0 Å². The lowest BCUT2D eigenvalue weighted by Crippen LogP contribution is -2.47. The molecule has 2 saturated carbocycles. The van der Waals surface area contributed by atoms with Crippen LogP contribution in [0.5, 0.6) is 0 Å². The van der Waals surface area contributed by atoms with Crippen molar-refractivity contribution in [1.29, 1.82) is 0 Å². The number of allylic oxidation sites excluding steroid dienone is 2. The summed E-state index contributed by atoms with van der Waals surface area (Å²) in [6, 6.07) is 0. The van der Waals surface area contributed by atoms with E-state index >= 15 is 0 Å². The molecule has 2 heterocycles. The first kappa shape index (κ1) is 15.0. The molecule has 3 heteroatoms. The molecule has 0 aromatic heterocycles. The number of fused-ring (bicyclic) bond motifs is 2. The van der Waals surface area contributed by atoms with Crippen LogP contribution in [0.4, 0.5) is 0 Å². The first-order valence-corrected chi connectivity index (χ1v) is 13.7. The maximum absolute atomic E-state index is 2.75. The van der Waals surface area contributed by atoms with Crippen molar-refractivity contribution >= 4 is 31.6 Å². The summed E-state index contributed by atoms with van der Waals surface area (Å²) in [6.45, 7) is 10.6. The number of hydrogen-bond acceptors (Lipinski definition) is 2. The number of hydrogen-bond donors (Lipinski definition) is 0. The summed E-state index contributed by atoms with van der Waals surface area (Å²) in [4.78, 5) is 0. The SMILES string of the molecule is CC1CC2C=CSC2C1[Si](C)(C)C1C(C)CC2C=CSC21. The molecule has 116 valence electrons. The normalized spacial score (nSPS) is 51.6. The second-order valence-corrected chi connectivity index (χ2v) is 15.6. The second-order valence-electron chi connectivity index (χ2n) is 8.49. The maximum atomic E-state index is 2.75. The summed E-state index contributed by atoms with van der Waals surface area (Å²) >= 11 is 4.34. The number of rotatable bonds is 2. The van der Waals surface area contributed by atoms with Crippen molar-refractivity contribution < 1.29 is 0 Å². The van der Waals surface area contributed by atoms with Crippen LogP contribution in [-0.4, -0.2) is 18.6 Å². The quantitative estimate of drug-likeness (QED) is 0.567. The fraction of sp³-hybridized carbons (Fsp3) is 0.778. The highest BCUT2D eigenvalue weighted by Gasteiger charge is 2.57. The van der Waals surface area contributed by atoms with Gasteiger partial charge >= 0.3 is 0 Å². The highest BCUT2D eigenvalue weighted by atomic mass is 32.2. The Bertz CT molecular complexity index is 442. The molecule has 0 spiro atoms. The molecule has 2 fully saturated rings. The Hall–Kier alpha value is 0.397. The summed E-state index contributed by atoms with van der Waals surface area (Å²) < 4.78 is 0. The van der Waals surface area contributed by atoms with Crippen LogP contribution in [0.2, 0.25) is 24.2 Å². The Morgan fingerprint density at radius 3 is 1.67 bits per heavy atom. The van der Waals surface area contributed by atoms with Crippen molar-refractivity contribution in [2.75, 3.05) is 0 Å². The van der Waals surface area contributed by atoms with Crippen LogP contribution in [-0.2, 0) is 0 Å². The minimum atomic E-state index is -1.26. The Balaban J connectivity index is 1.63. The lowest BCUT2D eigenvalue weighted by atomic mass is 10.1. The van der Waals surface area contributed by atoms with Crippen LogP contribution < -0.4 is 0 Å². The largest absolute Gasteiger partial charge is 0.130 e. The van der Waals surface area contributed by atoms with Crippen LogP contribution >= 0.6 is 23.5 Å². The Morgan fingerprint density at radius 1 is 0.810 bits per heavy atom. The molecule has 8 unspecified atom stereocenters. The van der Waals surface area contributed by atoms with Gasteiger partial charge < -0.3 is 0 Å². The van der Waals surface area contributed by atoms with Gasteiger partial charge in [-0.1, -0.05) is 39.1 Å². The van der Waals surface area contributed by atoms with Gasteiger partial charge in [-0.2, -0.15) is 0 Å². The lowest BCUT2D eigenvalue weighted by Gasteiger charge is -2.44. The standard InChI is InChI=1S/C18H28S2Si/c1-11-9-13-5-7-19-15(13)17(11)21(3,4)18-12(2)10-14-6-8-20-16(14)18/h5-8,11-18H,9-10H2,1-4H3. The molecule has 4 rings (SSSR count). The van der Waals surface area contributed by atoms with Gasteiger partial charge in [-0.15, -0.1) is 23.5 Å². The van der Waals surface area contributed by atoms with Gasteiger partial charge in [0.05, 0.1) is 8.07 Å². The van der Waals surface area contributed by atoms with Gasteiger partial charge in [-0.25, -0.2) is 0 Å². The zero-order valence-corrected chi connectivity index (χ0v) is 16.3. The molecular weight excluding hydrogens is 308 g/mol. The summed E-state index contributed by atoms with van der Waals surface area (Å²) in [5, 5.41) is 6.66. The van der Waals surface area contributed by atoms with Crippen molar-refractivity contribution in [3.8, 4) is 0 Å². The Morgan fingerprint density at radius 2 is 1.24 bits per heavy atom. The minimum Gasteiger partial charge on any atom is -0.130 e. The molecule has 21 heavy (non-hydrogen) atoms. The van der Waals surface area contributed by atoms with Crippen molar-refractivity contribution in [1.82, 2.24) is 0 Å². The molecule has 0 N–H and O–H groups in total. The molecule has 0 radical (unpaired) electrons. The van der Waals surface area contributed by atoms with Gasteiger partial charge in [0, 0.05) is 10.5 Å². The fourth-order valence-electron chi connectivity index (χ4n) is 6.36. The van der Waals surface area contributed by atoms with Crippen molar-refractivity contribution in [3.05, 3.63) is 23.0 Å². The monoisotopic (exact) mass is 336 g/mol. The van der Waals surface area contributed by atoms with Gasteiger partial charge in [-0.05, 0) is 58.4 Å². The van der Waals surface area contributed by atoms with E-state index in [4.69, 9.17) is 0 Å². The maximum Gasteiger partial charge on any atom is 0.0564 e. The second kappa shape index (κ2) is 5.21. The summed E-state index contributed by atoms with van der Waals surface area (Å²) in [6.07, 6.45) is 7.94. The average Bonchev–Trinajstić information content (AvgIpc) is 3.07. The average molecular weight is 337 g/mol. The van der Waals surface area contributed by atoms with E-state index in [2.05, 4.69) is 73.4 Å². The molecule has 0 aromatic rings. The Labute approximate surface area is 139 Å². The van der Waals surface area contributed by atoms with E-state index in [1.165, 1.54) is 12.8 Å². The molecule has 0 aromatic carbocycles. The first-order chi connectivity index (χ1) is 10.00. The van der Waals surface area contributed by atoms with Crippen LogP contribution in [0.1, 0.15) is 26.7 Å². The third kappa shape index (κ3) is 2.17. The predicted molar refractivity (Wildman–Crippen MR) is 101 cm³/mol. The van der Waals surface area contributed by atoms with Crippen molar-refractivity contribution in [2.45, 2.75) is 61.4 Å². The highest BCUT2D eigenvalue weighted by molar-refractivity contribution is 8.03. The van der Waals surface area contributed by atoms with Gasteiger partial charge in [-0.3, -0.25) is 0 Å². The number of thioether (sulfide) groups is 2. The fourth-order valence-corrected chi connectivity index (χ4v) is 17.4. The summed E-state index contributed by atoms with van der Waals surface area (Å²) in [7, 11) is -1.26. The van der Waals surface area contributed by atoms with Crippen molar-refractivity contribution in [3.63, 3.8) is 0 Å². The molecule has 8 atom stereocenters. The summed E-state index contributed by atoms with van der Waals surface area (Å²) in [5.41, 5.74) is 2.05. The van der Waals surface area contributed by atoms with Gasteiger partial charge in [0.1, 0.15) is 0 Å². The smallest absolute Gasteiger partial charge is 0.0564 e. The molecule has 0 bridgehead atoms. The van der Waals surface area contributed by atoms with E-state index in [1.54, 1.807) is 0 Å². The minimum absolute atomic E-state index is 0.892.